The average Bonchev–Trinajstić information content (AvgIpc) is 3.46. The number of hydrazine groups is 2. The highest BCUT2D eigenvalue weighted by molar-refractivity contribution is 8.14. The highest BCUT2D eigenvalue weighted by atomic mass is 32.2. The predicted molar refractivity (Wildman–Crippen MR) is 121 cm³/mol. The Bertz CT molecular complexity index is 1170. The third-order valence-electron chi connectivity index (χ3n) is 5.89. The molecule has 5 aliphatic rings. The first-order valence-electron chi connectivity index (χ1n) is 9.71. The van der Waals surface area contributed by atoms with Crippen molar-refractivity contribution in [1.82, 2.24) is 25.9 Å². The normalized spacial score (nSPS) is 32.5. The monoisotopic (exact) mass is 531 g/mol. The van der Waals surface area contributed by atoms with Gasteiger partial charge in [-0.15, -0.1) is 16.9 Å². The summed E-state index contributed by atoms with van der Waals surface area (Å²) in [7, 11) is -4.26. The first kappa shape index (κ1) is 22.7. The molecule has 0 aromatic rings. The van der Waals surface area contributed by atoms with E-state index >= 15 is 0 Å². The van der Waals surface area contributed by atoms with Gasteiger partial charge in [0.2, 0.25) is 5.17 Å². The highest BCUT2D eigenvalue weighted by Crippen LogP contribution is 2.43. The summed E-state index contributed by atoms with van der Waals surface area (Å²) in [5.74, 6) is -1.15. The van der Waals surface area contributed by atoms with Gasteiger partial charge < -0.3 is 10.4 Å². The second-order valence-corrected chi connectivity index (χ2v) is 12.0. The minimum atomic E-state index is -4.26. The zero-order valence-electron chi connectivity index (χ0n) is 16.6. The fourth-order valence-corrected chi connectivity index (χ4v) is 7.54. The van der Waals surface area contributed by atoms with E-state index in [1.165, 1.54) is 38.6 Å². The number of carbonyl (C=O) groups excluding carboxylic acids is 1. The third-order valence-corrected chi connectivity index (χ3v) is 9.74. The number of nitrogens with one attached hydrogen (secondary N) is 2. The minimum Gasteiger partial charge on any atom is -0.477 e. The summed E-state index contributed by atoms with van der Waals surface area (Å²) in [5, 5.41) is 27.4. The molecule has 1 saturated carbocycles. The molecule has 4 heterocycles. The molecule has 0 aromatic carbocycles. The Morgan fingerprint density at radius 3 is 2.88 bits per heavy atom. The molecular formula is C16H17N7O6S4. The largest absolute Gasteiger partial charge is 0.477 e. The maximum absolute atomic E-state index is 12.8. The molecule has 17 heteroatoms. The molecule has 13 nitrogen and oxygen atoms in total. The summed E-state index contributed by atoms with van der Waals surface area (Å²) in [6.07, 6.45) is 0.671. The van der Waals surface area contributed by atoms with Crippen molar-refractivity contribution in [3.05, 3.63) is 11.3 Å². The second-order valence-electron chi connectivity index (χ2n) is 7.91. The number of amides is 1. The average molecular weight is 532 g/mol. The summed E-state index contributed by atoms with van der Waals surface area (Å²) in [5.41, 5.74) is 2.99. The lowest BCUT2D eigenvalue weighted by molar-refractivity contribution is -0.148. The lowest BCUT2D eigenvalue weighted by Crippen LogP contribution is -2.70. The number of carboxylic acids is 1. The van der Waals surface area contributed by atoms with Gasteiger partial charge in [-0.2, -0.15) is 13.7 Å². The van der Waals surface area contributed by atoms with Gasteiger partial charge in [-0.3, -0.25) is 19.3 Å². The molecule has 3 fully saturated rings. The molecule has 1 aliphatic carbocycles. The standard InChI is InChI=1S/C16H17N7O6S4/c17-2-6-1-8(6)12(30)18-10-13(24)22-11(15(25)26)7(4-31-14(10)22)5-32-16-19-20-23-9(3-21(16)23)33(27,28)29/h6,8-10,14,20H,1,3-5H2,(H,18,30)(H,25,26)(H,27,28,29)/t6-,8-,9?,10?,14-/m0/s1. The molecule has 0 bridgehead atoms. The van der Waals surface area contributed by atoms with Gasteiger partial charge in [0.05, 0.1) is 23.5 Å². The van der Waals surface area contributed by atoms with Crippen molar-refractivity contribution in [3.63, 3.8) is 0 Å². The number of fused-ring (bicyclic) bond motifs is 2. The Morgan fingerprint density at radius 2 is 2.24 bits per heavy atom. The Morgan fingerprint density at radius 1 is 1.48 bits per heavy atom. The number of amidine groups is 1. The van der Waals surface area contributed by atoms with Gasteiger partial charge in [0.25, 0.3) is 16.0 Å². The Kier molecular flexibility index (Phi) is 5.49. The molecule has 5 atom stereocenters. The number of hydrogen-bond acceptors (Lipinski definition) is 12. The quantitative estimate of drug-likeness (QED) is 0.185. The van der Waals surface area contributed by atoms with E-state index < -0.39 is 32.9 Å². The molecule has 2 unspecified atom stereocenters. The van der Waals surface area contributed by atoms with Gasteiger partial charge in [-0.1, -0.05) is 29.1 Å². The van der Waals surface area contributed by atoms with E-state index in [1.54, 1.807) is 0 Å². The zero-order chi connectivity index (χ0) is 23.7. The van der Waals surface area contributed by atoms with Gasteiger partial charge in [-0.25, -0.2) is 10.3 Å². The fourth-order valence-electron chi connectivity index (χ4n) is 3.97. The van der Waals surface area contributed by atoms with Crippen LogP contribution in [0.15, 0.2) is 16.4 Å². The molecule has 4 aliphatic heterocycles. The van der Waals surface area contributed by atoms with Crippen LogP contribution < -0.4 is 10.9 Å². The number of rotatable bonds is 6. The van der Waals surface area contributed by atoms with Crippen molar-refractivity contribution >= 4 is 67.9 Å². The number of β-lactam (4-membered cyclic amide) rings is 1. The van der Waals surface area contributed by atoms with Crippen molar-refractivity contribution in [2.45, 2.75) is 23.2 Å². The van der Waals surface area contributed by atoms with E-state index in [0.29, 0.717) is 27.9 Å². The lowest BCUT2D eigenvalue weighted by Gasteiger charge is -2.50. The van der Waals surface area contributed by atoms with Crippen LogP contribution in [0.25, 0.3) is 0 Å². The number of hydrogen-bond donors (Lipinski definition) is 4. The molecule has 5 rings (SSSR count). The Balaban J connectivity index is 1.23. The summed E-state index contributed by atoms with van der Waals surface area (Å²) in [6, 6.07) is 1.53. The third kappa shape index (κ3) is 3.74. The number of nitriles is 1. The van der Waals surface area contributed by atoms with Gasteiger partial charge in [0, 0.05) is 17.4 Å². The molecule has 0 spiro atoms. The number of nitrogens with zero attached hydrogens (tertiary/aromatic N) is 5. The predicted octanol–water partition coefficient (Wildman–Crippen LogP) is -1.05. The number of carboxylic acid groups (broad SMARTS) is 1. The van der Waals surface area contributed by atoms with Gasteiger partial charge in [0.15, 0.2) is 5.37 Å². The second kappa shape index (κ2) is 7.99. The number of thioether (sulfide) groups is 2. The molecule has 176 valence electrons. The summed E-state index contributed by atoms with van der Waals surface area (Å²) in [6.45, 7) is 0.0187. The highest BCUT2D eigenvalue weighted by Gasteiger charge is 2.55. The van der Waals surface area contributed by atoms with Crippen LogP contribution in [0, 0.1) is 23.2 Å². The number of hydrazone groups is 1. The van der Waals surface area contributed by atoms with E-state index in [4.69, 9.17) is 17.5 Å². The van der Waals surface area contributed by atoms with Crippen LogP contribution in [0.5, 0.6) is 0 Å². The van der Waals surface area contributed by atoms with Gasteiger partial charge >= 0.3 is 5.97 Å². The molecular weight excluding hydrogens is 514 g/mol. The van der Waals surface area contributed by atoms with E-state index in [2.05, 4.69) is 22.0 Å². The Labute approximate surface area is 201 Å². The summed E-state index contributed by atoms with van der Waals surface area (Å²) >= 11 is 7.94. The van der Waals surface area contributed by atoms with Crippen LogP contribution in [0.4, 0.5) is 0 Å². The summed E-state index contributed by atoms with van der Waals surface area (Å²) < 4.78 is 31.8. The lowest BCUT2D eigenvalue weighted by atomic mass is 10.0. The van der Waals surface area contributed by atoms with E-state index in [1.807, 2.05) is 0 Å². The van der Waals surface area contributed by atoms with Crippen LogP contribution in [0.2, 0.25) is 0 Å². The molecule has 33 heavy (non-hydrogen) atoms. The van der Waals surface area contributed by atoms with Crippen molar-refractivity contribution in [2.75, 3.05) is 18.1 Å². The fraction of sp³-hybridized carbons (Fsp3) is 0.562. The Hall–Kier alpha value is -2.10. The van der Waals surface area contributed by atoms with E-state index in [0.717, 1.165) is 0 Å². The van der Waals surface area contributed by atoms with Gasteiger partial charge in [-0.05, 0) is 12.0 Å². The van der Waals surface area contributed by atoms with Crippen LogP contribution in [0.3, 0.4) is 0 Å². The van der Waals surface area contributed by atoms with Crippen molar-refractivity contribution in [3.8, 4) is 6.07 Å². The van der Waals surface area contributed by atoms with Crippen LogP contribution in [-0.4, -0.2) is 90.0 Å². The number of aliphatic carboxylic acids is 1. The molecule has 0 radical (unpaired) electrons. The van der Waals surface area contributed by atoms with Crippen molar-refractivity contribution in [1.29, 1.82) is 5.26 Å². The van der Waals surface area contributed by atoms with Crippen molar-refractivity contribution < 1.29 is 27.7 Å². The topological polar surface area (TPSA) is 179 Å². The molecule has 4 N–H and O–H groups in total. The zero-order valence-corrected chi connectivity index (χ0v) is 19.9. The minimum absolute atomic E-state index is 0.0187. The maximum Gasteiger partial charge on any atom is 0.352 e. The number of carbonyl (C=O) groups is 2. The first-order chi connectivity index (χ1) is 15.6. The molecule has 2 saturated heterocycles. The SMILES string of the molecule is N#C[C@@H]1C[C@@H]1C(=S)NC1C(=O)N2C(C(=O)O)=C(CSC3=NNN4C(S(=O)(=O)O)CN34)CS[C@@H]12. The maximum atomic E-state index is 12.8. The first-order valence-corrected chi connectivity index (χ1v) is 13.7. The van der Waals surface area contributed by atoms with Crippen molar-refractivity contribution in [2.24, 2.45) is 16.9 Å². The van der Waals surface area contributed by atoms with Crippen LogP contribution in [0.1, 0.15) is 6.42 Å². The summed E-state index contributed by atoms with van der Waals surface area (Å²) in [4.78, 5) is 26.5. The van der Waals surface area contributed by atoms with E-state index in [9.17, 15) is 27.7 Å². The molecule has 1 amide bonds. The van der Waals surface area contributed by atoms with Crippen LogP contribution in [-0.2, 0) is 19.7 Å². The van der Waals surface area contributed by atoms with Crippen LogP contribution >= 0.6 is 35.7 Å². The smallest absolute Gasteiger partial charge is 0.352 e. The van der Waals surface area contributed by atoms with Gasteiger partial charge in [0.1, 0.15) is 17.1 Å². The molecule has 0 aromatic heterocycles. The number of thiocarbonyl (C=S) groups is 1. The van der Waals surface area contributed by atoms with E-state index in [-0.39, 0.29) is 35.7 Å².